The van der Waals surface area contributed by atoms with E-state index in [1.165, 1.54) is 37.7 Å². The lowest BCUT2D eigenvalue weighted by atomic mass is 10.1. The highest BCUT2D eigenvalue weighted by atomic mass is 16.4. The molecule has 0 amide bonds. The summed E-state index contributed by atoms with van der Waals surface area (Å²) in [7, 11) is 0. The minimum atomic E-state index is -0.671. The molecule has 0 unspecified atom stereocenters. The van der Waals surface area contributed by atoms with Crippen molar-refractivity contribution in [1.82, 2.24) is 0 Å². The van der Waals surface area contributed by atoms with Crippen molar-refractivity contribution in [2.45, 2.75) is 57.8 Å². The Kier molecular flexibility index (Phi) is 9.29. The minimum absolute atomic E-state index is 0.324. The van der Waals surface area contributed by atoms with Gasteiger partial charge in [-0.05, 0) is 24.8 Å². The molecule has 0 fully saturated rings. The molecule has 0 aliphatic heterocycles. The monoisotopic (exact) mass is 274 g/mol. The van der Waals surface area contributed by atoms with Gasteiger partial charge in [-0.3, -0.25) is 4.79 Å². The van der Waals surface area contributed by atoms with Gasteiger partial charge < -0.3 is 5.11 Å². The molecule has 0 heterocycles. The molecule has 2 heteroatoms. The summed E-state index contributed by atoms with van der Waals surface area (Å²) < 4.78 is 0. The highest BCUT2D eigenvalue weighted by Gasteiger charge is 1.96. The molecule has 0 atom stereocenters. The van der Waals surface area contributed by atoms with Gasteiger partial charge in [-0.25, -0.2) is 0 Å². The second-order valence-corrected chi connectivity index (χ2v) is 5.22. The summed E-state index contributed by atoms with van der Waals surface area (Å²) >= 11 is 0. The third-order valence-corrected chi connectivity index (χ3v) is 3.37. The zero-order chi connectivity index (χ0) is 14.5. The number of allylic oxidation sites excluding steroid dienone is 1. The third kappa shape index (κ3) is 9.37. The molecular formula is C18H26O2. The molecule has 0 saturated carbocycles. The van der Waals surface area contributed by atoms with E-state index >= 15 is 0 Å². The van der Waals surface area contributed by atoms with E-state index in [1.54, 1.807) is 0 Å². The van der Waals surface area contributed by atoms with Crippen LogP contribution in [0.4, 0.5) is 0 Å². The highest BCUT2D eigenvalue weighted by Crippen LogP contribution is 2.10. The van der Waals surface area contributed by atoms with Crippen molar-refractivity contribution in [3.8, 4) is 0 Å². The van der Waals surface area contributed by atoms with Crippen molar-refractivity contribution in [2.75, 3.05) is 0 Å². The Morgan fingerprint density at radius 3 is 2.15 bits per heavy atom. The largest absolute Gasteiger partial charge is 0.481 e. The molecule has 2 nitrogen and oxygen atoms in total. The molecule has 0 spiro atoms. The number of hydrogen-bond acceptors (Lipinski definition) is 1. The van der Waals surface area contributed by atoms with Crippen molar-refractivity contribution in [3.63, 3.8) is 0 Å². The Labute approximate surface area is 122 Å². The van der Waals surface area contributed by atoms with Gasteiger partial charge in [0.15, 0.2) is 0 Å². The Morgan fingerprint density at radius 2 is 1.50 bits per heavy atom. The lowest BCUT2D eigenvalue weighted by molar-refractivity contribution is -0.137. The first-order valence-electron chi connectivity index (χ1n) is 7.72. The predicted molar refractivity (Wildman–Crippen MR) is 84.7 cm³/mol. The Morgan fingerprint density at radius 1 is 0.900 bits per heavy atom. The van der Waals surface area contributed by atoms with Crippen molar-refractivity contribution in [1.29, 1.82) is 0 Å². The van der Waals surface area contributed by atoms with Crippen LogP contribution in [0.2, 0.25) is 0 Å². The number of hydrogen-bond donors (Lipinski definition) is 1. The van der Waals surface area contributed by atoms with Crippen LogP contribution in [0.3, 0.4) is 0 Å². The van der Waals surface area contributed by atoms with Crippen LogP contribution in [0.25, 0.3) is 6.08 Å². The summed E-state index contributed by atoms with van der Waals surface area (Å²) in [5.41, 5.74) is 1.27. The van der Waals surface area contributed by atoms with Crippen LogP contribution in [0.15, 0.2) is 36.4 Å². The van der Waals surface area contributed by atoms with Crippen LogP contribution in [0, 0.1) is 0 Å². The minimum Gasteiger partial charge on any atom is -0.481 e. The SMILES string of the molecule is O=C(O)CCCCCCCCC/C=C/c1ccccc1. The molecule has 1 rings (SSSR count). The maximum absolute atomic E-state index is 10.3. The van der Waals surface area contributed by atoms with Crippen LogP contribution >= 0.6 is 0 Å². The molecule has 0 bridgehead atoms. The van der Waals surface area contributed by atoms with Gasteiger partial charge in [-0.2, -0.15) is 0 Å². The van der Waals surface area contributed by atoms with Crippen LogP contribution in [0.5, 0.6) is 0 Å². The van der Waals surface area contributed by atoms with Gasteiger partial charge in [0, 0.05) is 6.42 Å². The number of benzene rings is 1. The first kappa shape index (κ1) is 16.5. The van der Waals surface area contributed by atoms with Crippen LogP contribution in [-0.2, 0) is 4.79 Å². The maximum Gasteiger partial charge on any atom is 0.303 e. The molecule has 1 aromatic carbocycles. The Balaban J connectivity index is 1.88. The number of carboxylic acids is 1. The van der Waals surface area contributed by atoms with E-state index in [0.29, 0.717) is 6.42 Å². The molecule has 0 aromatic heterocycles. The molecular weight excluding hydrogens is 248 g/mol. The van der Waals surface area contributed by atoms with E-state index in [2.05, 4.69) is 36.4 Å². The fourth-order valence-electron chi connectivity index (χ4n) is 2.21. The smallest absolute Gasteiger partial charge is 0.303 e. The molecule has 110 valence electrons. The summed E-state index contributed by atoms with van der Waals surface area (Å²) in [5, 5.41) is 8.51. The molecule has 0 aliphatic carbocycles. The molecule has 0 radical (unpaired) electrons. The van der Waals surface area contributed by atoms with Crippen molar-refractivity contribution >= 4 is 12.0 Å². The number of rotatable bonds is 11. The van der Waals surface area contributed by atoms with Crippen molar-refractivity contribution in [2.24, 2.45) is 0 Å². The van der Waals surface area contributed by atoms with E-state index in [-0.39, 0.29) is 0 Å². The second-order valence-electron chi connectivity index (χ2n) is 5.22. The average Bonchev–Trinajstić information content (AvgIpc) is 2.45. The number of aliphatic carboxylic acids is 1. The van der Waals surface area contributed by atoms with Gasteiger partial charge in [0.05, 0.1) is 0 Å². The maximum atomic E-state index is 10.3. The summed E-state index contributed by atoms with van der Waals surface area (Å²) in [5.74, 6) is -0.671. The van der Waals surface area contributed by atoms with Crippen molar-refractivity contribution in [3.05, 3.63) is 42.0 Å². The summed E-state index contributed by atoms with van der Waals surface area (Å²) in [6, 6.07) is 10.4. The lowest BCUT2D eigenvalue weighted by Gasteiger charge is -2.00. The molecule has 1 aromatic rings. The van der Waals surface area contributed by atoms with E-state index in [1.807, 2.05) is 6.07 Å². The van der Waals surface area contributed by atoms with Gasteiger partial charge in [-0.1, -0.05) is 74.6 Å². The molecule has 20 heavy (non-hydrogen) atoms. The van der Waals surface area contributed by atoms with E-state index < -0.39 is 5.97 Å². The second kappa shape index (κ2) is 11.3. The first-order valence-corrected chi connectivity index (χ1v) is 7.72. The predicted octanol–water partition coefficient (Wildman–Crippen LogP) is 5.30. The third-order valence-electron chi connectivity index (χ3n) is 3.37. The van der Waals surface area contributed by atoms with E-state index in [9.17, 15) is 4.79 Å². The Hall–Kier alpha value is -1.57. The van der Waals surface area contributed by atoms with E-state index in [0.717, 1.165) is 19.3 Å². The highest BCUT2D eigenvalue weighted by molar-refractivity contribution is 5.66. The topological polar surface area (TPSA) is 37.3 Å². The molecule has 0 saturated heterocycles. The normalized spacial score (nSPS) is 11.0. The number of carbonyl (C=O) groups is 1. The van der Waals surface area contributed by atoms with Crippen molar-refractivity contribution < 1.29 is 9.90 Å². The van der Waals surface area contributed by atoms with Gasteiger partial charge in [0.2, 0.25) is 0 Å². The standard InChI is InChI=1S/C18H26O2/c19-18(20)16-12-7-5-3-1-2-4-6-9-13-17-14-10-8-11-15-17/h8-11,13-15H,1-7,12,16H2,(H,19,20)/b13-9+. The quantitative estimate of drug-likeness (QED) is 0.556. The van der Waals surface area contributed by atoms with Crippen LogP contribution in [0.1, 0.15) is 63.4 Å². The summed E-state index contributed by atoms with van der Waals surface area (Å²) in [6.45, 7) is 0. The van der Waals surface area contributed by atoms with Gasteiger partial charge in [0.1, 0.15) is 0 Å². The Bertz CT molecular complexity index is 382. The fraction of sp³-hybridized carbons (Fsp3) is 0.500. The lowest BCUT2D eigenvalue weighted by Crippen LogP contribution is -1.93. The number of unbranched alkanes of at least 4 members (excludes halogenated alkanes) is 7. The van der Waals surface area contributed by atoms with E-state index in [4.69, 9.17) is 5.11 Å². The van der Waals surface area contributed by atoms with Gasteiger partial charge in [0.25, 0.3) is 0 Å². The molecule has 0 aliphatic rings. The van der Waals surface area contributed by atoms with Gasteiger partial charge in [-0.15, -0.1) is 0 Å². The molecule has 1 N–H and O–H groups in total. The van der Waals surface area contributed by atoms with Gasteiger partial charge >= 0.3 is 5.97 Å². The first-order chi connectivity index (χ1) is 9.79. The van der Waals surface area contributed by atoms with Crippen LogP contribution in [-0.4, -0.2) is 11.1 Å². The van der Waals surface area contributed by atoms with Crippen LogP contribution < -0.4 is 0 Å². The average molecular weight is 274 g/mol. The summed E-state index contributed by atoms with van der Waals surface area (Å²) in [6.07, 6.45) is 14.0. The zero-order valence-electron chi connectivity index (χ0n) is 12.3. The zero-order valence-corrected chi connectivity index (χ0v) is 12.3. The number of carboxylic acid groups (broad SMARTS) is 1. The summed E-state index contributed by atoms with van der Waals surface area (Å²) in [4.78, 5) is 10.3. The fourth-order valence-corrected chi connectivity index (χ4v) is 2.21.